The predicted octanol–water partition coefficient (Wildman–Crippen LogP) is 0.799. The molecule has 0 spiro atoms. The molecule has 0 amide bonds. The molecule has 1 fully saturated rings. The lowest BCUT2D eigenvalue weighted by atomic mass is 10.5. The minimum atomic E-state index is 0. The Morgan fingerprint density at radius 1 is 1.50 bits per heavy atom. The van der Waals surface area contributed by atoms with Gasteiger partial charge in [0.05, 0.1) is 6.67 Å². The molecule has 60 valence electrons. The maximum atomic E-state index is 3.69. The Labute approximate surface area is 68.9 Å². The van der Waals surface area contributed by atoms with Crippen LogP contribution >= 0.6 is 12.4 Å². The summed E-state index contributed by atoms with van der Waals surface area (Å²) in [5.74, 6) is 0. The standard InChI is InChI=1S/C7H14N2.ClH/c1-3-4-9-6-5-8(2)7-9;/h3H,1,4-7H2,2H3;1H. The smallest absolute Gasteiger partial charge is 0.0507 e. The van der Waals surface area contributed by atoms with Crippen molar-refractivity contribution >= 4 is 12.4 Å². The molecule has 0 atom stereocenters. The molecule has 10 heavy (non-hydrogen) atoms. The minimum absolute atomic E-state index is 0. The van der Waals surface area contributed by atoms with Crippen LogP contribution in [-0.2, 0) is 0 Å². The van der Waals surface area contributed by atoms with Crippen LogP contribution in [-0.4, -0.2) is 43.2 Å². The number of hydrogen-bond donors (Lipinski definition) is 0. The van der Waals surface area contributed by atoms with E-state index in [4.69, 9.17) is 0 Å². The second-order valence-electron chi connectivity index (χ2n) is 2.59. The second kappa shape index (κ2) is 4.72. The normalized spacial score (nSPS) is 20.5. The monoisotopic (exact) mass is 162 g/mol. The third-order valence-corrected chi connectivity index (χ3v) is 1.63. The Morgan fingerprint density at radius 3 is 2.60 bits per heavy atom. The Balaban J connectivity index is 0.000000810. The van der Waals surface area contributed by atoms with Crippen LogP contribution in [0.15, 0.2) is 12.7 Å². The van der Waals surface area contributed by atoms with E-state index < -0.39 is 0 Å². The molecule has 0 aliphatic carbocycles. The van der Waals surface area contributed by atoms with Crippen LogP contribution in [0.1, 0.15) is 0 Å². The van der Waals surface area contributed by atoms with Gasteiger partial charge in [-0.3, -0.25) is 9.80 Å². The van der Waals surface area contributed by atoms with Crippen molar-refractivity contribution in [3.05, 3.63) is 12.7 Å². The van der Waals surface area contributed by atoms with Gasteiger partial charge in [0.25, 0.3) is 0 Å². The van der Waals surface area contributed by atoms with Crippen molar-refractivity contribution in [3.8, 4) is 0 Å². The molecule has 0 N–H and O–H groups in total. The number of likely N-dealkylation sites (N-methyl/N-ethyl adjacent to an activating group) is 1. The van der Waals surface area contributed by atoms with Crippen molar-refractivity contribution in [3.63, 3.8) is 0 Å². The average molecular weight is 163 g/mol. The summed E-state index contributed by atoms with van der Waals surface area (Å²) in [5, 5.41) is 0. The summed E-state index contributed by atoms with van der Waals surface area (Å²) >= 11 is 0. The van der Waals surface area contributed by atoms with Gasteiger partial charge < -0.3 is 0 Å². The van der Waals surface area contributed by atoms with E-state index in [1.807, 2.05) is 6.08 Å². The highest BCUT2D eigenvalue weighted by Gasteiger charge is 2.13. The Kier molecular flexibility index (Phi) is 4.69. The topological polar surface area (TPSA) is 6.48 Å². The van der Waals surface area contributed by atoms with Gasteiger partial charge in [-0.25, -0.2) is 0 Å². The molecule has 2 nitrogen and oxygen atoms in total. The van der Waals surface area contributed by atoms with Crippen LogP contribution in [0.4, 0.5) is 0 Å². The first-order chi connectivity index (χ1) is 4.33. The summed E-state index contributed by atoms with van der Waals surface area (Å²) in [5.41, 5.74) is 0. The minimum Gasteiger partial charge on any atom is -0.292 e. The van der Waals surface area contributed by atoms with Crippen LogP contribution in [0.5, 0.6) is 0 Å². The van der Waals surface area contributed by atoms with Crippen molar-refractivity contribution in [1.82, 2.24) is 9.80 Å². The molecule has 3 heteroatoms. The van der Waals surface area contributed by atoms with Crippen molar-refractivity contribution in [2.75, 3.05) is 33.4 Å². The third kappa shape index (κ3) is 2.69. The van der Waals surface area contributed by atoms with Crippen molar-refractivity contribution in [1.29, 1.82) is 0 Å². The molecule has 0 aromatic heterocycles. The van der Waals surface area contributed by atoms with Crippen LogP contribution in [0.2, 0.25) is 0 Å². The van der Waals surface area contributed by atoms with E-state index in [1.165, 1.54) is 13.1 Å². The molecular weight excluding hydrogens is 148 g/mol. The molecule has 1 aliphatic rings. The van der Waals surface area contributed by atoms with Crippen LogP contribution in [0, 0.1) is 0 Å². The summed E-state index contributed by atoms with van der Waals surface area (Å²) < 4.78 is 0. The lowest BCUT2D eigenvalue weighted by molar-refractivity contribution is 0.296. The molecule has 1 heterocycles. The Bertz CT molecular complexity index is 106. The third-order valence-electron chi connectivity index (χ3n) is 1.63. The van der Waals surface area contributed by atoms with E-state index in [2.05, 4.69) is 23.4 Å². The number of rotatable bonds is 2. The summed E-state index contributed by atoms with van der Waals surface area (Å²) in [4.78, 5) is 4.68. The lowest BCUT2D eigenvalue weighted by Gasteiger charge is -2.11. The molecule has 1 saturated heterocycles. The Morgan fingerprint density at radius 2 is 2.20 bits per heavy atom. The maximum absolute atomic E-state index is 3.69. The number of hydrogen-bond acceptors (Lipinski definition) is 2. The first-order valence-corrected chi connectivity index (χ1v) is 3.34. The molecule has 0 aromatic rings. The van der Waals surface area contributed by atoms with Crippen LogP contribution in [0.25, 0.3) is 0 Å². The maximum Gasteiger partial charge on any atom is 0.0507 e. The van der Waals surface area contributed by atoms with Gasteiger partial charge in [-0.1, -0.05) is 6.08 Å². The first-order valence-electron chi connectivity index (χ1n) is 3.34. The highest BCUT2D eigenvalue weighted by Crippen LogP contribution is 1.99. The zero-order chi connectivity index (χ0) is 6.69. The molecule has 1 aliphatic heterocycles. The fourth-order valence-corrected chi connectivity index (χ4v) is 1.13. The number of halogens is 1. The largest absolute Gasteiger partial charge is 0.292 e. The summed E-state index contributed by atoms with van der Waals surface area (Å²) in [6.45, 7) is 8.22. The van der Waals surface area contributed by atoms with E-state index >= 15 is 0 Å². The molecule has 0 radical (unpaired) electrons. The Hall–Kier alpha value is -0.0500. The van der Waals surface area contributed by atoms with E-state index in [-0.39, 0.29) is 12.4 Å². The van der Waals surface area contributed by atoms with E-state index in [0.717, 1.165) is 13.2 Å². The van der Waals surface area contributed by atoms with Crippen LogP contribution in [0.3, 0.4) is 0 Å². The van der Waals surface area contributed by atoms with E-state index in [9.17, 15) is 0 Å². The predicted molar refractivity (Wildman–Crippen MR) is 46.5 cm³/mol. The molecule has 0 aromatic carbocycles. The lowest BCUT2D eigenvalue weighted by Crippen LogP contribution is -2.22. The van der Waals surface area contributed by atoms with Gasteiger partial charge in [-0.05, 0) is 7.05 Å². The van der Waals surface area contributed by atoms with Crippen LogP contribution < -0.4 is 0 Å². The number of nitrogens with zero attached hydrogens (tertiary/aromatic N) is 2. The van der Waals surface area contributed by atoms with Gasteiger partial charge in [0.1, 0.15) is 0 Å². The van der Waals surface area contributed by atoms with Gasteiger partial charge in [-0.15, -0.1) is 19.0 Å². The fourth-order valence-electron chi connectivity index (χ4n) is 1.13. The van der Waals surface area contributed by atoms with Gasteiger partial charge in [-0.2, -0.15) is 0 Å². The first kappa shape index (κ1) is 9.95. The molecule has 0 saturated carbocycles. The van der Waals surface area contributed by atoms with Crippen molar-refractivity contribution < 1.29 is 0 Å². The van der Waals surface area contributed by atoms with Gasteiger partial charge >= 0.3 is 0 Å². The second-order valence-corrected chi connectivity index (χ2v) is 2.59. The molecule has 0 bridgehead atoms. The zero-order valence-corrected chi connectivity index (χ0v) is 7.23. The van der Waals surface area contributed by atoms with E-state index in [1.54, 1.807) is 0 Å². The van der Waals surface area contributed by atoms with Gasteiger partial charge in [0, 0.05) is 19.6 Å². The molecule has 1 rings (SSSR count). The van der Waals surface area contributed by atoms with Gasteiger partial charge in [0.15, 0.2) is 0 Å². The van der Waals surface area contributed by atoms with Crippen molar-refractivity contribution in [2.24, 2.45) is 0 Å². The SMILES string of the molecule is C=CCN1CCN(C)C1.Cl. The zero-order valence-electron chi connectivity index (χ0n) is 6.42. The van der Waals surface area contributed by atoms with Gasteiger partial charge in [0.2, 0.25) is 0 Å². The highest BCUT2D eigenvalue weighted by atomic mass is 35.5. The summed E-state index contributed by atoms with van der Waals surface area (Å²) in [6.07, 6.45) is 1.96. The van der Waals surface area contributed by atoms with E-state index in [0.29, 0.717) is 0 Å². The van der Waals surface area contributed by atoms with Crippen molar-refractivity contribution in [2.45, 2.75) is 0 Å². The molecule has 0 unspecified atom stereocenters. The highest BCUT2D eigenvalue weighted by molar-refractivity contribution is 5.85. The summed E-state index contributed by atoms with van der Waals surface area (Å²) in [7, 11) is 2.14. The summed E-state index contributed by atoms with van der Waals surface area (Å²) in [6, 6.07) is 0. The molecular formula is C7H15ClN2. The average Bonchev–Trinajstić information content (AvgIpc) is 2.17. The fraction of sp³-hybridized carbons (Fsp3) is 0.714. The quantitative estimate of drug-likeness (QED) is 0.555.